The molecule has 30 heavy (non-hydrogen) atoms. The second-order valence-electron chi connectivity index (χ2n) is 6.89. The van der Waals surface area contributed by atoms with Crippen LogP contribution >= 0.6 is 46.6 Å². The third-order valence-electron chi connectivity index (χ3n) is 4.99. The van der Waals surface area contributed by atoms with Crippen LogP contribution in [-0.2, 0) is 4.79 Å². The molecule has 10 heteroatoms. The Morgan fingerprint density at radius 2 is 2.00 bits per heavy atom. The van der Waals surface area contributed by atoms with Gasteiger partial charge in [-0.3, -0.25) is 19.9 Å². The topological polar surface area (TPSA) is 73.8 Å². The summed E-state index contributed by atoms with van der Waals surface area (Å²) in [7, 11) is 0. The number of carbonyl (C=O) groups excluding carboxylic acids is 2. The van der Waals surface area contributed by atoms with Gasteiger partial charge in [0.2, 0.25) is 5.91 Å². The monoisotopic (exact) mass is 482 g/mol. The third-order valence-corrected chi connectivity index (χ3v) is 7.09. The second kappa shape index (κ2) is 8.86. The van der Waals surface area contributed by atoms with Gasteiger partial charge in [0, 0.05) is 17.1 Å². The molecule has 2 aliphatic rings. The van der Waals surface area contributed by atoms with E-state index in [0.29, 0.717) is 38.0 Å². The first-order chi connectivity index (χ1) is 14.4. The molecular weight excluding hydrogens is 467 g/mol. The molecule has 2 unspecified atom stereocenters. The number of Topliss-reactive ketones (excluding diaryl/α,β-unsaturated/α-hetero) is 1. The zero-order valence-electron chi connectivity index (χ0n) is 15.8. The number of nitrogens with one attached hydrogen (secondary N) is 2. The minimum absolute atomic E-state index is 0.0883. The fourth-order valence-electron chi connectivity index (χ4n) is 3.31. The Bertz CT molecular complexity index is 1060. The van der Waals surface area contributed by atoms with E-state index in [0.717, 1.165) is 5.56 Å². The van der Waals surface area contributed by atoms with E-state index < -0.39 is 0 Å². The lowest BCUT2D eigenvalue weighted by molar-refractivity contribution is -0.121. The average molecular weight is 484 g/mol. The summed E-state index contributed by atoms with van der Waals surface area (Å²) in [6, 6.07) is 10.1. The Morgan fingerprint density at radius 3 is 2.77 bits per heavy atom. The lowest BCUT2D eigenvalue weighted by Crippen LogP contribution is -2.49. The maximum Gasteiger partial charge on any atom is 0.241 e. The second-order valence-corrected chi connectivity index (χ2v) is 9.05. The van der Waals surface area contributed by atoms with Crippen LogP contribution in [0.15, 0.2) is 41.4 Å². The molecule has 0 spiro atoms. The highest BCUT2D eigenvalue weighted by atomic mass is 35.5. The van der Waals surface area contributed by atoms with Crippen LogP contribution in [0.4, 0.5) is 5.69 Å². The number of carbonyl (C=O) groups is 2. The number of ketones is 1. The first kappa shape index (κ1) is 21.6. The number of benzene rings is 2. The Balaban J connectivity index is 1.63. The first-order valence-corrected chi connectivity index (χ1v) is 11.2. The van der Waals surface area contributed by atoms with Gasteiger partial charge in [0.25, 0.3) is 0 Å². The van der Waals surface area contributed by atoms with Gasteiger partial charge in [-0.25, -0.2) is 10.4 Å². The van der Waals surface area contributed by atoms with Crippen LogP contribution < -0.4 is 15.8 Å². The number of fused-ring (bicyclic) bond motifs is 1. The quantitative estimate of drug-likeness (QED) is 0.634. The number of amides is 1. The largest absolute Gasteiger partial charge is 0.293 e. The number of anilines is 1. The van der Waals surface area contributed by atoms with Crippen molar-refractivity contribution in [2.24, 2.45) is 10.9 Å². The summed E-state index contributed by atoms with van der Waals surface area (Å²) < 4.78 is 0. The van der Waals surface area contributed by atoms with Gasteiger partial charge in [-0.05, 0) is 42.8 Å². The number of thioether (sulfide) groups is 1. The van der Waals surface area contributed by atoms with Crippen LogP contribution in [0.5, 0.6) is 0 Å². The van der Waals surface area contributed by atoms with Gasteiger partial charge in [0.05, 0.1) is 27.4 Å². The van der Waals surface area contributed by atoms with Gasteiger partial charge in [-0.1, -0.05) is 52.6 Å². The van der Waals surface area contributed by atoms with Crippen molar-refractivity contribution in [3.8, 4) is 0 Å². The number of nitrogens with zero attached hydrogens (tertiary/aromatic N) is 2. The van der Waals surface area contributed by atoms with E-state index in [4.69, 9.17) is 34.8 Å². The van der Waals surface area contributed by atoms with E-state index in [-0.39, 0.29) is 29.5 Å². The SMILES string of the molecule is Cc1c(Cl)cccc1N1C(=O)C2CNNC2N=C1SCC(=O)c1ccc(Cl)c(Cl)c1. The minimum Gasteiger partial charge on any atom is -0.293 e. The van der Waals surface area contributed by atoms with Crippen molar-refractivity contribution in [3.05, 3.63) is 62.6 Å². The van der Waals surface area contributed by atoms with Crippen molar-refractivity contribution in [1.82, 2.24) is 10.9 Å². The Hall–Kier alpha value is -1.61. The van der Waals surface area contributed by atoms with Crippen LogP contribution in [0.3, 0.4) is 0 Å². The molecule has 2 N–H and O–H groups in total. The minimum atomic E-state index is -0.379. The first-order valence-electron chi connectivity index (χ1n) is 9.13. The molecule has 0 radical (unpaired) electrons. The van der Waals surface area contributed by atoms with Crippen LogP contribution in [-0.4, -0.2) is 35.3 Å². The Labute approximate surface area is 192 Å². The molecule has 2 aromatic carbocycles. The zero-order valence-corrected chi connectivity index (χ0v) is 18.9. The van der Waals surface area contributed by atoms with E-state index in [1.54, 1.807) is 29.2 Å². The zero-order chi connectivity index (χ0) is 21.4. The summed E-state index contributed by atoms with van der Waals surface area (Å²) in [5.41, 5.74) is 7.87. The highest BCUT2D eigenvalue weighted by Crippen LogP contribution is 2.34. The lowest BCUT2D eigenvalue weighted by Gasteiger charge is -2.33. The number of rotatable bonds is 4. The van der Waals surface area contributed by atoms with E-state index in [1.807, 2.05) is 13.0 Å². The van der Waals surface area contributed by atoms with E-state index in [9.17, 15) is 9.59 Å². The molecule has 2 atom stereocenters. The summed E-state index contributed by atoms with van der Waals surface area (Å²) in [6.07, 6.45) is -0.379. The molecule has 2 heterocycles. The molecule has 1 amide bonds. The van der Waals surface area contributed by atoms with Crippen LogP contribution in [0.1, 0.15) is 15.9 Å². The fourth-order valence-corrected chi connectivity index (χ4v) is 4.71. The van der Waals surface area contributed by atoms with Gasteiger partial charge in [-0.2, -0.15) is 0 Å². The van der Waals surface area contributed by atoms with Crippen LogP contribution in [0.25, 0.3) is 0 Å². The Morgan fingerprint density at radius 1 is 1.20 bits per heavy atom. The molecule has 4 rings (SSSR count). The maximum atomic E-state index is 13.3. The molecular formula is C20H17Cl3N4O2S. The molecule has 0 saturated carbocycles. The predicted molar refractivity (Wildman–Crippen MR) is 123 cm³/mol. The number of hydrogen-bond donors (Lipinski definition) is 2. The van der Waals surface area contributed by atoms with Crippen molar-refractivity contribution in [1.29, 1.82) is 0 Å². The number of hydrazine groups is 1. The molecule has 156 valence electrons. The van der Waals surface area contributed by atoms with Crippen LogP contribution in [0, 0.1) is 12.8 Å². The summed E-state index contributed by atoms with van der Waals surface area (Å²) in [6.45, 7) is 2.33. The number of halogens is 3. The van der Waals surface area contributed by atoms with E-state index in [1.165, 1.54) is 17.8 Å². The molecule has 6 nitrogen and oxygen atoms in total. The van der Waals surface area contributed by atoms with Gasteiger partial charge in [0.1, 0.15) is 6.17 Å². The van der Waals surface area contributed by atoms with Gasteiger partial charge in [-0.15, -0.1) is 0 Å². The molecule has 2 aliphatic heterocycles. The highest BCUT2D eigenvalue weighted by Gasteiger charge is 2.42. The Kier molecular flexibility index (Phi) is 6.39. The van der Waals surface area contributed by atoms with Gasteiger partial charge >= 0.3 is 0 Å². The van der Waals surface area contributed by atoms with Crippen LogP contribution in [0.2, 0.25) is 15.1 Å². The summed E-state index contributed by atoms with van der Waals surface area (Å²) in [5, 5.41) is 1.70. The standard InChI is InChI=1S/C20H17Cl3N4O2S/c1-10-13(21)3-2-4-16(10)27-19(29)12-8-24-26-18(12)25-20(27)30-9-17(28)11-5-6-14(22)15(23)7-11/h2-7,12,18,24,26H,8-9H2,1H3. The average Bonchev–Trinajstić information content (AvgIpc) is 3.20. The molecule has 1 fully saturated rings. The number of hydrogen-bond acceptors (Lipinski definition) is 6. The molecule has 1 saturated heterocycles. The van der Waals surface area contributed by atoms with E-state index >= 15 is 0 Å². The normalized spacial score (nSPS) is 20.9. The van der Waals surface area contributed by atoms with E-state index in [2.05, 4.69) is 15.8 Å². The van der Waals surface area contributed by atoms with Gasteiger partial charge in [0.15, 0.2) is 11.0 Å². The molecule has 2 aromatic rings. The lowest BCUT2D eigenvalue weighted by atomic mass is 10.0. The van der Waals surface area contributed by atoms with Crippen molar-refractivity contribution < 1.29 is 9.59 Å². The molecule has 0 bridgehead atoms. The predicted octanol–water partition coefficient (Wildman–Crippen LogP) is 4.32. The van der Waals surface area contributed by atoms with Crippen molar-refractivity contribution in [3.63, 3.8) is 0 Å². The van der Waals surface area contributed by atoms with Crippen molar-refractivity contribution in [2.45, 2.75) is 13.1 Å². The van der Waals surface area contributed by atoms with Crippen molar-refractivity contribution >= 4 is 69.1 Å². The summed E-state index contributed by atoms with van der Waals surface area (Å²) in [5.74, 6) is -0.484. The van der Waals surface area contributed by atoms with Crippen molar-refractivity contribution in [2.75, 3.05) is 17.2 Å². The van der Waals surface area contributed by atoms with Gasteiger partial charge < -0.3 is 0 Å². The smallest absolute Gasteiger partial charge is 0.241 e. The maximum absolute atomic E-state index is 13.3. The number of aliphatic imine (C=N–C) groups is 1. The molecule has 0 aromatic heterocycles. The third kappa shape index (κ3) is 4.10. The number of amidine groups is 1. The summed E-state index contributed by atoms with van der Waals surface area (Å²) >= 11 is 19.4. The highest BCUT2D eigenvalue weighted by molar-refractivity contribution is 8.14. The molecule has 0 aliphatic carbocycles. The summed E-state index contributed by atoms with van der Waals surface area (Å²) in [4.78, 5) is 32.2. The fraction of sp³-hybridized carbons (Fsp3) is 0.250.